The summed E-state index contributed by atoms with van der Waals surface area (Å²) in [6, 6.07) is 12.1. The molecule has 0 unspecified atom stereocenters. The summed E-state index contributed by atoms with van der Waals surface area (Å²) in [6.07, 6.45) is 2.33. The minimum atomic E-state index is 0.489. The molecule has 1 N–H and O–H groups in total. The number of hydrogen-bond donors (Lipinski definition) is 1. The van der Waals surface area contributed by atoms with E-state index in [1.165, 1.54) is 18.4 Å². The van der Waals surface area contributed by atoms with Crippen LogP contribution in [0.15, 0.2) is 36.4 Å². The number of benzene rings is 1. The molecule has 0 radical (unpaired) electrons. The molecule has 0 aliphatic heterocycles. The number of ether oxygens (including phenoxy) is 2. The summed E-state index contributed by atoms with van der Waals surface area (Å²) in [4.78, 5) is 9.10. The first kappa shape index (κ1) is 14.8. The molecule has 0 atom stereocenters. The van der Waals surface area contributed by atoms with E-state index in [0.29, 0.717) is 25.0 Å². The minimum absolute atomic E-state index is 0.489. The van der Waals surface area contributed by atoms with Gasteiger partial charge in [0.05, 0.1) is 6.61 Å². The number of rotatable bonds is 8. The van der Waals surface area contributed by atoms with Crippen LogP contribution in [0.3, 0.4) is 0 Å². The predicted molar refractivity (Wildman–Crippen MR) is 85.1 cm³/mol. The number of methoxy groups -OCH3 is 1. The summed E-state index contributed by atoms with van der Waals surface area (Å²) >= 11 is 0. The van der Waals surface area contributed by atoms with Crippen molar-refractivity contribution in [1.29, 1.82) is 0 Å². The number of nitrogens with zero attached hydrogens (tertiary/aromatic N) is 2. The Bertz CT molecular complexity index is 600. The second-order valence-electron chi connectivity index (χ2n) is 5.40. The second-order valence-corrected chi connectivity index (χ2v) is 5.40. The molecule has 1 aromatic heterocycles. The second kappa shape index (κ2) is 7.22. The van der Waals surface area contributed by atoms with E-state index in [1.807, 2.05) is 24.3 Å². The van der Waals surface area contributed by atoms with Crippen molar-refractivity contribution in [1.82, 2.24) is 9.97 Å². The minimum Gasteiger partial charge on any atom is -0.475 e. The zero-order valence-electron chi connectivity index (χ0n) is 12.8. The Hall–Kier alpha value is -2.14. The first-order chi connectivity index (χ1) is 10.8. The summed E-state index contributed by atoms with van der Waals surface area (Å²) in [7, 11) is 1.66. The van der Waals surface area contributed by atoms with Crippen LogP contribution in [0, 0.1) is 0 Å². The molecule has 0 amide bonds. The molecule has 1 fully saturated rings. The molecule has 5 heteroatoms. The fourth-order valence-electron chi connectivity index (χ4n) is 2.15. The summed E-state index contributed by atoms with van der Waals surface area (Å²) in [5.74, 6) is 2.80. The first-order valence-electron chi connectivity index (χ1n) is 7.63. The molecule has 1 heterocycles. The number of nitrogens with one attached hydrogen (secondary N) is 1. The highest BCUT2D eigenvalue weighted by Gasteiger charge is 2.27. The fourth-order valence-corrected chi connectivity index (χ4v) is 2.15. The molecule has 3 rings (SSSR count). The summed E-state index contributed by atoms with van der Waals surface area (Å²) < 4.78 is 10.6. The van der Waals surface area contributed by atoms with Gasteiger partial charge in [0, 0.05) is 25.6 Å². The smallest absolute Gasteiger partial charge is 0.218 e. The van der Waals surface area contributed by atoms with Gasteiger partial charge in [0.1, 0.15) is 18.2 Å². The monoisotopic (exact) mass is 299 g/mol. The van der Waals surface area contributed by atoms with Crippen molar-refractivity contribution in [2.24, 2.45) is 0 Å². The molecule has 0 saturated heterocycles. The van der Waals surface area contributed by atoms with Crippen LogP contribution >= 0.6 is 0 Å². The predicted octanol–water partition coefficient (Wildman–Crippen LogP) is 2.99. The fraction of sp³-hybridized carbons (Fsp3) is 0.412. The van der Waals surface area contributed by atoms with Crippen molar-refractivity contribution in [2.45, 2.75) is 25.3 Å². The topological polar surface area (TPSA) is 56.3 Å². The van der Waals surface area contributed by atoms with Crippen molar-refractivity contribution in [2.75, 3.05) is 25.6 Å². The molecule has 2 aromatic rings. The quantitative estimate of drug-likeness (QED) is 0.759. The van der Waals surface area contributed by atoms with Gasteiger partial charge in [0.2, 0.25) is 5.88 Å². The van der Waals surface area contributed by atoms with Crippen molar-refractivity contribution < 1.29 is 9.47 Å². The Morgan fingerprint density at radius 2 is 1.95 bits per heavy atom. The number of hydrogen-bond acceptors (Lipinski definition) is 5. The largest absolute Gasteiger partial charge is 0.475 e. The summed E-state index contributed by atoms with van der Waals surface area (Å²) in [6.45, 7) is 1.78. The SMILES string of the molecule is COCCOc1cc(NCc2ccccc2)nc(C2CC2)n1. The highest BCUT2D eigenvalue weighted by Crippen LogP contribution is 2.39. The standard InChI is InChI=1S/C17H21N3O2/c1-21-9-10-22-16-11-15(19-17(20-16)14-7-8-14)18-12-13-5-3-2-4-6-13/h2-6,11,14H,7-10,12H2,1H3,(H,18,19,20). The molecule has 0 spiro atoms. The molecule has 1 saturated carbocycles. The molecular weight excluding hydrogens is 278 g/mol. The zero-order chi connectivity index (χ0) is 15.2. The van der Waals surface area contributed by atoms with Gasteiger partial charge in [0.15, 0.2) is 0 Å². The maximum absolute atomic E-state index is 5.64. The molecule has 0 bridgehead atoms. The lowest BCUT2D eigenvalue weighted by Gasteiger charge is -2.10. The normalized spacial score (nSPS) is 13.9. The van der Waals surface area contributed by atoms with Crippen molar-refractivity contribution in [3.05, 3.63) is 47.8 Å². The van der Waals surface area contributed by atoms with Crippen LogP contribution in [0.25, 0.3) is 0 Å². The van der Waals surface area contributed by atoms with Crippen LogP contribution in [0.5, 0.6) is 5.88 Å². The Kier molecular flexibility index (Phi) is 4.85. The molecule has 22 heavy (non-hydrogen) atoms. The molecule has 1 aliphatic rings. The van der Waals surface area contributed by atoms with Crippen LogP contribution in [0.2, 0.25) is 0 Å². The van der Waals surface area contributed by atoms with Gasteiger partial charge in [-0.15, -0.1) is 0 Å². The maximum Gasteiger partial charge on any atom is 0.218 e. The van der Waals surface area contributed by atoms with Gasteiger partial charge < -0.3 is 14.8 Å². The number of anilines is 1. The number of aromatic nitrogens is 2. The Morgan fingerprint density at radius 3 is 2.68 bits per heavy atom. The van der Waals surface area contributed by atoms with Crippen LogP contribution in [-0.4, -0.2) is 30.3 Å². The van der Waals surface area contributed by atoms with Gasteiger partial charge in [-0.25, -0.2) is 4.98 Å². The van der Waals surface area contributed by atoms with Gasteiger partial charge >= 0.3 is 0 Å². The van der Waals surface area contributed by atoms with E-state index in [9.17, 15) is 0 Å². The lowest BCUT2D eigenvalue weighted by molar-refractivity contribution is 0.143. The molecule has 1 aliphatic carbocycles. The zero-order valence-corrected chi connectivity index (χ0v) is 12.8. The maximum atomic E-state index is 5.64. The third-order valence-electron chi connectivity index (χ3n) is 3.52. The van der Waals surface area contributed by atoms with Crippen LogP contribution in [0.4, 0.5) is 5.82 Å². The Morgan fingerprint density at radius 1 is 1.14 bits per heavy atom. The molecule has 1 aromatic carbocycles. The van der Waals surface area contributed by atoms with E-state index in [4.69, 9.17) is 9.47 Å². The van der Waals surface area contributed by atoms with E-state index in [0.717, 1.165) is 18.2 Å². The molecule has 116 valence electrons. The van der Waals surface area contributed by atoms with Crippen molar-refractivity contribution >= 4 is 5.82 Å². The van der Waals surface area contributed by atoms with Gasteiger partial charge in [-0.2, -0.15) is 4.98 Å². The average Bonchev–Trinajstić information content (AvgIpc) is 3.39. The van der Waals surface area contributed by atoms with Gasteiger partial charge in [-0.05, 0) is 18.4 Å². The van der Waals surface area contributed by atoms with E-state index < -0.39 is 0 Å². The van der Waals surface area contributed by atoms with Crippen molar-refractivity contribution in [3.63, 3.8) is 0 Å². The average molecular weight is 299 g/mol. The van der Waals surface area contributed by atoms with E-state index in [2.05, 4.69) is 27.4 Å². The molecule has 5 nitrogen and oxygen atoms in total. The van der Waals surface area contributed by atoms with E-state index in [1.54, 1.807) is 7.11 Å². The Labute approximate surface area is 130 Å². The lowest BCUT2D eigenvalue weighted by Crippen LogP contribution is -2.09. The summed E-state index contributed by atoms with van der Waals surface area (Å²) in [5, 5.41) is 3.35. The first-order valence-corrected chi connectivity index (χ1v) is 7.63. The van der Waals surface area contributed by atoms with Crippen LogP contribution in [0.1, 0.15) is 30.1 Å². The Balaban J connectivity index is 1.68. The van der Waals surface area contributed by atoms with Gasteiger partial charge in [-0.1, -0.05) is 30.3 Å². The van der Waals surface area contributed by atoms with Gasteiger partial charge in [0.25, 0.3) is 0 Å². The lowest BCUT2D eigenvalue weighted by atomic mass is 10.2. The molecular formula is C17H21N3O2. The third kappa shape index (κ3) is 4.18. The van der Waals surface area contributed by atoms with E-state index >= 15 is 0 Å². The van der Waals surface area contributed by atoms with Crippen molar-refractivity contribution in [3.8, 4) is 5.88 Å². The highest BCUT2D eigenvalue weighted by atomic mass is 16.5. The van der Waals surface area contributed by atoms with Gasteiger partial charge in [-0.3, -0.25) is 0 Å². The summed E-state index contributed by atoms with van der Waals surface area (Å²) in [5.41, 5.74) is 1.22. The van der Waals surface area contributed by atoms with Crippen LogP contribution in [-0.2, 0) is 11.3 Å². The van der Waals surface area contributed by atoms with E-state index in [-0.39, 0.29) is 0 Å². The highest BCUT2D eigenvalue weighted by molar-refractivity contribution is 5.40. The third-order valence-corrected chi connectivity index (χ3v) is 3.52. The van der Waals surface area contributed by atoms with Crippen LogP contribution < -0.4 is 10.1 Å².